The monoisotopic (exact) mass is 422 g/mol. The zero-order valence-electron chi connectivity index (χ0n) is 16.5. The van der Waals surface area contributed by atoms with Crippen molar-refractivity contribution in [3.63, 3.8) is 0 Å². The highest BCUT2D eigenvalue weighted by atomic mass is 32.1. The Morgan fingerprint density at radius 3 is 2.55 bits per heavy atom. The highest BCUT2D eigenvalue weighted by molar-refractivity contribution is 7.18. The molecule has 0 aliphatic rings. The fourth-order valence-corrected chi connectivity index (χ4v) is 5.27. The lowest BCUT2D eigenvalue weighted by Gasteiger charge is -2.23. The van der Waals surface area contributed by atoms with Crippen LogP contribution in [0.15, 0.2) is 72.1 Å². The first-order valence-electron chi connectivity index (χ1n) is 9.66. The third-order valence-corrected chi connectivity index (χ3v) is 7.34. The van der Waals surface area contributed by atoms with Crippen molar-refractivity contribution in [3.8, 4) is 0 Å². The highest BCUT2D eigenvalue weighted by Crippen LogP contribution is 2.28. The van der Waals surface area contributed by atoms with E-state index in [1.807, 2.05) is 55.3 Å². The van der Waals surface area contributed by atoms with Gasteiger partial charge in [-0.05, 0) is 30.5 Å². The van der Waals surface area contributed by atoms with Crippen LogP contribution in [0.3, 0.4) is 0 Å². The second-order valence-corrected chi connectivity index (χ2v) is 9.09. The molecular weight excluding hydrogens is 398 g/mol. The Balaban J connectivity index is 1.46. The van der Waals surface area contributed by atoms with Gasteiger partial charge in [-0.25, -0.2) is 4.98 Å². The maximum absolute atomic E-state index is 13.0. The molecule has 0 spiro atoms. The summed E-state index contributed by atoms with van der Waals surface area (Å²) in [7, 11) is 1.87. The molecule has 0 fully saturated rings. The van der Waals surface area contributed by atoms with E-state index in [4.69, 9.17) is 4.98 Å². The van der Waals surface area contributed by atoms with Gasteiger partial charge in [0.05, 0.1) is 21.1 Å². The van der Waals surface area contributed by atoms with Crippen LogP contribution in [-0.4, -0.2) is 29.4 Å². The summed E-state index contributed by atoms with van der Waals surface area (Å²) >= 11 is 3.38. The lowest BCUT2D eigenvalue weighted by Crippen LogP contribution is -2.87. The quantitative estimate of drug-likeness (QED) is 0.485. The van der Waals surface area contributed by atoms with Crippen LogP contribution in [0.1, 0.15) is 34.5 Å². The van der Waals surface area contributed by atoms with Crippen LogP contribution in [0.2, 0.25) is 0 Å². The van der Waals surface area contributed by atoms with Gasteiger partial charge in [0, 0.05) is 12.6 Å². The molecule has 0 saturated carbocycles. The third kappa shape index (κ3) is 4.40. The minimum Gasteiger partial charge on any atom is -0.332 e. The van der Waals surface area contributed by atoms with Gasteiger partial charge in [-0.15, -0.1) is 22.7 Å². The van der Waals surface area contributed by atoms with Crippen molar-refractivity contribution in [1.82, 2.24) is 9.88 Å². The Kier molecular flexibility index (Phi) is 6.04. The van der Waals surface area contributed by atoms with Gasteiger partial charge in [0.15, 0.2) is 6.54 Å². The van der Waals surface area contributed by atoms with Crippen molar-refractivity contribution in [1.29, 1.82) is 0 Å². The van der Waals surface area contributed by atoms with Gasteiger partial charge in [-0.3, -0.25) is 4.79 Å². The first-order chi connectivity index (χ1) is 14.1. The van der Waals surface area contributed by atoms with Gasteiger partial charge in [0.1, 0.15) is 11.0 Å². The van der Waals surface area contributed by atoms with Crippen molar-refractivity contribution >= 4 is 38.8 Å². The summed E-state index contributed by atoms with van der Waals surface area (Å²) in [5, 5.41) is 5.19. The average molecular weight is 423 g/mol. The molecule has 2 aromatic carbocycles. The summed E-state index contributed by atoms with van der Waals surface area (Å²) in [6.45, 7) is 2.44. The van der Waals surface area contributed by atoms with Crippen LogP contribution in [0, 0.1) is 0 Å². The Hall–Kier alpha value is -2.54. The number of carbonyl (C=O) groups is 1. The van der Waals surface area contributed by atoms with Crippen molar-refractivity contribution in [2.45, 2.75) is 19.0 Å². The topological polar surface area (TPSA) is 49.8 Å². The van der Waals surface area contributed by atoms with E-state index >= 15 is 0 Å². The van der Waals surface area contributed by atoms with Gasteiger partial charge in [0.2, 0.25) is 0 Å². The van der Waals surface area contributed by atoms with Crippen LogP contribution in [-0.2, 0) is 4.79 Å². The Labute approximate surface area is 178 Å². The molecule has 0 aliphatic heterocycles. The van der Waals surface area contributed by atoms with Gasteiger partial charge in [-0.1, -0.05) is 48.5 Å². The molecule has 2 aromatic heterocycles. The number of quaternary nitrogens is 1. The number of para-hydroxylation sites is 1. The molecule has 148 valence electrons. The molecule has 29 heavy (non-hydrogen) atoms. The number of hydrogen-bond donors (Lipinski definition) is 1. The molecule has 0 radical (unpaired) electrons. The van der Waals surface area contributed by atoms with Gasteiger partial charge >= 0.3 is 0 Å². The predicted octanol–water partition coefficient (Wildman–Crippen LogP) is 4.23. The molecule has 2 atom stereocenters. The number of nitrogens with zero attached hydrogens (tertiary/aromatic N) is 2. The summed E-state index contributed by atoms with van der Waals surface area (Å²) in [5.74, 6) is 0.106. The predicted molar refractivity (Wildman–Crippen MR) is 120 cm³/mol. The van der Waals surface area contributed by atoms with E-state index in [0.29, 0.717) is 6.54 Å². The van der Waals surface area contributed by atoms with E-state index in [1.165, 1.54) is 10.4 Å². The molecular formula is C23H24N3OS2+. The first kappa shape index (κ1) is 19.8. The van der Waals surface area contributed by atoms with Crippen molar-refractivity contribution in [2.75, 3.05) is 13.6 Å². The fraction of sp³-hybridized carbons (Fsp3) is 0.217. The summed E-state index contributed by atoms with van der Waals surface area (Å²) in [6, 6.07) is 22.8. The van der Waals surface area contributed by atoms with Gasteiger partial charge < -0.3 is 10.2 Å². The van der Waals surface area contributed by atoms with Crippen molar-refractivity contribution < 1.29 is 10.1 Å². The summed E-state index contributed by atoms with van der Waals surface area (Å²) in [6.07, 6.45) is 0. The highest BCUT2D eigenvalue weighted by Gasteiger charge is 2.25. The van der Waals surface area contributed by atoms with E-state index in [-0.39, 0.29) is 18.0 Å². The average Bonchev–Trinajstić information content (AvgIpc) is 3.43. The lowest BCUT2D eigenvalue weighted by molar-refractivity contribution is -0.676. The zero-order valence-corrected chi connectivity index (χ0v) is 18.1. The molecule has 0 saturated heterocycles. The molecule has 4 rings (SSSR count). The van der Waals surface area contributed by atoms with Crippen LogP contribution < -0.4 is 5.32 Å². The van der Waals surface area contributed by atoms with Crippen LogP contribution in [0.25, 0.3) is 10.2 Å². The van der Waals surface area contributed by atoms with Gasteiger partial charge in [0.25, 0.3) is 5.91 Å². The summed E-state index contributed by atoms with van der Waals surface area (Å²) in [5.41, 5.74) is 2.21. The van der Waals surface area contributed by atoms with Crippen molar-refractivity contribution in [2.24, 2.45) is 0 Å². The fourth-order valence-electron chi connectivity index (χ4n) is 3.36. The second-order valence-electron chi connectivity index (χ2n) is 7.04. The number of fused-ring (bicyclic) bond motifs is 1. The molecule has 4 aromatic rings. The smallest absolute Gasteiger partial charge is 0.278 e. The number of carbonyl (C=O) groups excluding carboxylic acids is 1. The molecule has 4 nitrogen and oxygen atoms in total. The first-order valence-corrected chi connectivity index (χ1v) is 11.4. The van der Waals surface area contributed by atoms with Crippen LogP contribution in [0.4, 0.5) is 0 Å². The number of hydrogen-bond acceptors (Lipinski definition) is 4. The SMILES string of the molecule is C[C@H](c1nc2ccccc2s1)N(C)C(=O)C[NH2+][C@@H](c1ccccc1)c1cccs1. The molecule has 1 amide bonds. The van der Waals surface area contributed by atoms with Gasteiger partial charge in [-0.2, -0.15) is 0 Å². The Morgan fingerprint density at radius 2 is 1.83 bits per heavy atom. The minimum absolute atomic E-state index is 0.0507. The summed E-state index contributed by atoms with van der Waals surface area (Å²) in [4.78, 5) is 20.7. The van der Waals surface area contributed by atoms with E-state index in [9.17, 15) is 4.79 Å². The zero-order chi connectivity index (χ0) is 20.2. The number of rotatable bonds is 7. The molecule has 2 heterocycles. The number of amides is 1. The number of aromatic nitrogens is 1. The number of thiazole rings is 1. The van der Waals surface area contributed by atoms with Crippen molar-refractivity contribution in [3.05, 3.63) is 87.6 Å². The molecule has 2 N–H and O–H groups in total. The number of nitrogens with two attached hydrogens (primary N) is 1. The maximum atomic E-state index is 13.0. The molecule has 0 bridgehead atoms. The molecule has 6 heteroatoms. The number of thiophene rings is 1. The largest absolute Gasteiger partial charge is 0.332 e. The normalized spacial score (nSPS) is 13.3. The lowest BCUT2D eigenvalue weighted by atomic mass is 10.1. The van der Waals surface area contributed by atoms with E-state index < -0.39 is 0 Å². The van der Waals surface area contributed by atoms with Crippen LogP contribution in [0.5, 0.6) is 0 Å². The number of benzene rings is 2. The van der Waals surface area contributed by atoms with Crippen LogP contribution >= 0.6 is 22.7 Å². The second kappa shape index (κ2) is 8.86. The molecule has 0 aliphatic carbocycles. The molecule has 0 unspecified atom stereocenters. The minimum atomic E-state index is -0.0507. The van der Waals surface area contributed by atoms with E-state index in [1.54, 1.807) is 22.7 Å². The summed E-state index contributed by atoms with van der Waals surface area (Å²) < 4.78 is 1.16. The Bertz CT molecular complexity index is 1040. The third-order valence-electron chi connectivity index (χ3n) is 5.18. The van der Waals surface area contributed by atoms with E-state index in [2.05, 4.69) is 41.0 Å². The maximum Gasteiger partial charge on any atom is 0.278 e. The number of likely N-dealkylation sites (N-methyl/N-ethyl adjacent to an activating group) is 1. The van der Waals surface area contributed by atoms with E-state index in [0.717, 1.165) is 15.2 Å². The standard InChI is InChI=1S/C23H23N3OS2/c1-16(23-25-18-11-6-7-12-19(18)29-23)26(2)21(27)15-24-22(20-13-8-14-28-20)17-9-4-3-5-10-17/h3-14,16,22,24H,15H2,1-2H3/p+1/t16-,22+/m1/s1. The Morgan fingerprint density at radius 1 is 1.07 bits per heavy atom.